The van der Waals surface area contributed by atoms with Gasteiger partial charge in [-0.25, -0.2) is 0 Å². The largest absolute Gasteiger partial charge is 0.338 e. The summed E-state index contributed by atoms with van der Waals surface area (Å²) >= 11 is 0. The van der Waals surface area contributed by atoms with Gasteiger partial charge in [0.1, 0.15) is 0 Å². The predicted octanol–water partition coefficient (Wildman–Crippen LogP) is 1.80. The van der Waals surface area contributed by atoms with Gasteiger partial charge in [-0.3, -0.25) is 14.5 Å². The zero-order valence-corrected chi connectivity index (χ0v) is 13.6. The molecule has 0 spiro atoms. The summed E-state index contributed by atoms with van der Waals surface area (Å²) in [6.07, 6.45) is 6.83. The number of carbonyl (C=O) groups is 1. The molecule has 120 valence electrons. The Labute approximate surface area is 135 Å². The first kappa shape index (κ1) is 14.2. The Kier molecular flexibility index (Phi) is 3.32. The van der Waals surface area contributed by atoms with Crippen molar-refractivity contribution in [3.63, 3.8) is 0 Å². The second-order valence-corrected chi connectivity index (χ2v) is 6.32. The van der Waals surface area contributed by atoms with Gasteiger partial charge in [0.25, 0.3) is 0 Å². The number of hydrogen-bond donors (Lipinski definition) is 0. The maximum Gasteiger partial charge on any atom is 0.219 e. The van der Waals surface area contributed by atoms with Crippen molar-refractivity contribution in [2.45, 2.75) is 32.7 Å². The lowest BCUT2D eigenvalue weighted by molar-refractivity contribution is -0.129. The van der Waals surface area contributed by atoms with Gasteiger partial charge in [0.15, 0.2) is 5.82 Å². The number of nitrogens with zero attached hydrogens (tertiary/aromatic N) is 5. The lowest BCUT2D eigenvalue weighted by atomic mass is 10.0. The van der Waals surface area contributed by atoms with E-state index < -0.39 is 0 Å². The number of amides is 1. The highest BCUT2D eigenvalue weighted by atomic mass is 16.2. The molecule has 2 aliphatic heterocycles. The fourth-order valence-electron chi connectivity index (χ4n) is 3.70. The third kappa shape index (κ3) is 2.29. The maximum absolute atomic E-state index is 11.8. The number of fused-ring (bicyclic) bond motifs is 2. The molecule has 0 radical (unpaired) electrons. The minimum atomic E-state index is 0.133. The summed E-state index contributed by atoms with van der Waals surface area (Å²) in [7, 11) is 2.00. The molecule has 0 bridgehead atoms. The number of aryl methyl sites for hydroxylation is 2. The zero-order valence-electron chi connectivity index (χ0n) is 13.6. The Hall–Kier alpha value is -2.37. The van der Waals surface area contributed by atoms with E-state index >= 15 is 0 Å². The van der Waals surface area contributed by atoms with Crippen molar-refractivity contribution in [2.75, 3.05) is 18.0 Å². The van der Waals surface area contributed by atoms with Crippen LogP contribution in [0.2, 0.25) is 0 Å². The van der Waals surface area contributed by atoms with E-state index in [0.29, 0.717) is 6.54 Å². The highest BCUT2D eigenvalue weighted by Crippen LogP contribution is 2.36. The number of pyridine rings is 1. The average molecular weight is 311 g/mol. The Bertz CT molecular complexity index is 766. The molecule has 0 unspecified atom stereocenters. The maximum atomic E-state index is 11.8. The Morgan fingerprint density at radius 3 is 2.96 bits per heavy atom. The summed E-state index contributed by atoms with van der Waals surface area (Å²) < 4.78 is 1.98. The molecule has 0 saturated carbocycles. The Morgan fingerprint density at radius 1 is 1.26 bits per heavy atom. The number of carbonyl (C=O) groups excluding carboxylic acids is 1. The summed E-state index contributed by atoms with van der Waals surface area (Å²) in [5.41, 5.74) is 4.92. The monoisotopic (exact) mass is 311 g/mol. The molecule has 2 aliphatic rings. The van der Waals surface area contributed by atoms with Crippen LogP contribution >= 0.6 is 0 Å². The third-order valence-electron chi connectivity index (χ3n) is 4.92. The fraction of sp³-hybridized carbons (Fsp3) is 0.471. The molecule has 2 aromatic heterocycles. The number of rotatable bonds is 1. The van der Waals surface area contributed by atoms with Gasteiger partial charge in [0, 0.05) is 62.8 Å². The van der Waals surface area contributed by atoms with Crippen molar-refractivity contribution in [1.29, 1.82) is 0 Å². The summed E-state index contributed by atoms with van der Waals surface area (Å²) in [5.74, 6) is 1.13. The van der Waals surface area contributed by atoms with Crippen molar-refractivity contribution >= 4 is 17.4 Å². The van der Waals surface area contributed by atoms with Gasteiger partial charge in [-0.2, -0.15) is 5.10 Å². The lowest BCUT2D eigenvalue weighted by Crippen LogP contribution is -2.35. The van der Waals surface area contributed by atoms with Crippen LogP contribution < -0.4 is 4.90 Å². The summed E-state index contributed by atoms with van der Waals surface area (Å²) in [6.45, 7) is 4.04. The minimum Gasteiger partial charge on any atom is -0.338 e. The van der Waals surface area contributed by atoms with Gasteiger partial charge in [-0.05, 0) is 24.5 Å². The molecule has 0 atom stereocenters. The van der Waals surface area contributed by atoms with Crippen LogP contribution in [-0.2, 0) is 31.2 Å². The summed E-state index contributed by atoms with van der Waals surface area (Å²) in [6, 6.07) is 2.07. The second kappa shape index (κ2) is 5.37. The van der Waals surface area contributed by atoms with Crippen LogP contribution in [0.3, 0.4) is 0 Å². The molecule has 6 heteroatoms. The molecule has 0 saturated heterocycles. The summed E-state index contributed by atoms with van der Waals surface area (Å²) in [5, 5.41) is 4.79. The fourth-order valence-corrected chi connectivity index (χ4v) is 3.70. The van der Waals surface area contributed by atoms with E-state index in [1.807, 2.05) is 29.0 Å². The molecule has 4 rings (SSSR count). The number of hydrogen-bond acceptors (Lipinski definition) is 4. The van der Waals surface area contributed by atoms with Gasteiger partial charge in [0.05, 0.1) is 6.54 Å². The van der Waals surface area contributed by atoms with Gasteiger partial charge < -0.3 is 9.80 Å². The van der Waals surface area contributed by atoms with E-state index in [-0.39, 0.29) is 5.91 Å². The van der Waals surface area contributed by atoms with Gasteiger partial charge in [0.2, 0.25) is 5.91 Å². The first-order valence-electron chi connectivity index (χ1n) is 8.16. The van der Waals surface area contributed by atoms with Crippen LogP contribution in [0.25, 0.3) is 0 Å². The van der Waals surface area contributed by atoms with Crippen LogP contribution in [0.5, 0.6) is 0 Å². The van der Waals surface area contributed by atoms with E-state index in [0.717, 1.165) is 38.2 Å². The zero-order chi connectivity index (χ0) is 16.0. The standard InChI is InChI=1S/C17H21N5O/c1-12(23)21-9-6-16-14(11-21)17(19-20(16)2)22-8-3-4-13-10-18-7-5-15(13)22/h5,7,10H,3-4,6,8-9,11H2,1-2H3. The normalized spacial score (nSPS) is 17.0. The molecule has 0 N–H and O–H groups in total. The van der Waals surface area contributed by atoms with E-state index in [1.54, 1.807) is 6.92 Å². The molecular formula is C17H21N5O. The molecule has 2 aromatic rings. The highest BCUT2D eigenvalue weighted by Gasteiger charge is 2.29. The lowest BCUT2D eigenvalue weighted by Gasteiger charge is -2.32. The SMILES string of the molecule is CC(=O)N1CCc2c(c(N3CCCc4cnccc43)nn2C)C1. The summed E-state index contributed by atoms with van der Waals surface area (Å²) in [4.78, 5) is 20.2. The Morgan fingerprint density at radius 2 is 2.13 bits per heavy atom. The average Bonchev–Trinajstić information content (AvgIpc) is 2.90. The van der Waals surface area contributed by atoms with Gasteiger partial charge in [-0.1, -0.05) is 0 Å². The van der Waals surface area contributed by atoms with Crippen LogP contribution in [-0.4, -0.2) is 38.7 Å². The van der Waals surface area contributed by atoms with Crippen molar-refractivity contribution < 1.29 is 4.79 Å². The van der Waals surface area contributed by atoms with Crippen LogP contribution in [0.4, 0.5) is 11.5 Å². The molecule has 1 amide bonds. The molecule has 23 heavy (non-hydrogen) atoms. The van der Waals surface area contributed by atoms with Crippen molar-refractivity contribution in [2.24, 2.45) is 7.05 Å². The quantitative estimate of drug-likeness (QED) is 0.806. The van der Waals surface area contributed by atoms with Crippen molar-refractivity contribution in [3.8, 4) is 0 Å². The van der Waals surface area contributed by atoms with E-state index in [2.05, 4.69) is 16.0 Å². The molecule has 0 fully saturated rings. The number of aromatic nitrogens is 3. The molecule has 0 aliphatic carbocycles. The van der Waals surface area contributed by atoms with Crippen molar-refractivity contribution in [1.82, 2.24) is 19.7 Å². The van der Waals surface area contributed by atoms with E-state index in [4.69, 9.17) is 5.10 Å². The minimum absolute atomic E-state index is 0.133. The first-order valence-corrected chi connectivity index (χ1v) is 8.16. The number of anilines is 2. The predicted molar refractivity (Wildman–Crippen MR) is 87.6 cm³/mol. The van der Waals surface area contributed by atoms with Crippen LogP contribution in [0, 0.1) is 0 Å². The molecule has 4 heterocycles. The van der Waals surface area contributed by atoms with Crippen LogP contribution in [0.15, 0.2) is 18.5 Å². The Balaban J connectivity index is 1.78. The highest BCUT2D eigenvalue weighted by molar-refractivity contribution is 5.75. The van der Waals surface area contributed by atoms with E-state index in [1.165, 1.54) is 22.5 Å². The molecule has 0 aromatic carbocycles. The van der Waals surface area contributed by atoms with Crippen LogP contribution in [0.1, 0.15) is 30.2 Å². The molecular weight excluding hydrogens is 290 g/mol. The molecule has 6 nitrogen and oxygen atoms in total. The third-order valence-corrected chi connectivity index (χ3v) is 4.92. The smallest absolute Gasteiger partial charge is 0.219 e. The van der Waals surface area contributed by atoms with Crippen molar-refractivity contribution in [3.05, 3.63) is 35.3 Å². The van der Waals surface area contributed by atoms with Gasteiger partial charge in [-0.15, -0.1) is 0 Å². The van der Waals surface area contributed by atoms with Gasteiger partial charge >= 0.3 is 0 Å². The second-order valence-electron chi connectivity index (χ2n) is 6.32. The van der Waals surface area contributed by atoms with E-state index in [9.17, 15) is 4.79 Å². The first-order chi connectivity index (χ1) is 11.1. The topological polar surface area (TPSA) is 54.3 Å².